The highest BCUT2D eigenvalue weighted by molar-refractivity contribution is 9.09. The molecule has 0 amide bonds. The summed E-state index contributed by atoms with van der Waals surface area (Å²) >= 11 is 3.50. The van der Waals surface area contributed by atoms with Crippen molar-refractivity contribution in [3.05, 3.63) is 65.9 Å². The van der Waals surface area contributed by atoms with Gasteiger partial charge in [0.1, 0.15) is 12.4 Å². The zero-order chi connectivity index (χ0) is 13.8. The Morgan fingerprint density at radius 2 is 1.85 bits per heavy atom. The normalized spacial score (nSPS) is 10.8. The molecule has 1 heterocycles. The predicted octanol–water partition coefficient (Wildman–Crippen LogP) is 4.68. The first-order chi connectivity index (χ1) is 9.88. The van der Waals surface area contributed by atoms with E-state index in [1.807, 2.05) is 30.3 Å². The number of aryl methyl sites for hydroxylation is 1. The lowest BCUT2D eigenvalue weighted by atomic mass is 10.1. The smallest absolute Gasteiger partial charge is 0.129 e. The fourth-order valence-electron chi connectivity index (χ4n) is 2.37. The van der Waals surface area contributed by atoms with Gasteiger partial charge in [-0.2, -0.15) is 0 Å². The van der Waals surface area contributed by atoms with Crippen LogP contribution in [0.25, 0.3) is 10.9 Å². The predicted molar refractivity (Wildman–Crippen MR) is 86.6 cm³/mol. The number of aromatic amines is 1. The SMILES string of the molecule is BrCCc1c[nH]c2cccc(OCc3ccccc3)c12. The molecule has 3 heteroatoms. The molecule has 2 nitrogen and oxygen atoms in total. The molecule has 0 saturated carbocycles. The summed E-state index contributed by atoms with van der Waals surface area (Å²) in [6, 6.07) is 16.4. The molecule has 0 spiro atoms. The van der Waals surface area contributed by atoms with Crippen LogP contribution in [0.3, 0.4) is 0 Å². The van der Waals surface area contributed by atoms with Crippen LogP contribution in [0.5, 0.6) is 5.75 Å². The second-order valence-electron chi connectivity index (χ2n) is 4.71. The molecule has 0 radical (unpaired) electrons. The van der Waals surface area contributed by atoms with Crippen molar-refractivity contribution in [2.24, 2.45) is 0 Å². The van der Waals surface area contributed by atoms with E-state index in [4.69, 9.17) is 4.74 Å². The van der Waals surface area contributed by atoms with Crippen LogP contribution in [0.15, 0.2) is 54.7 Å². The summed E-state index contributed by atoms with van der Waals surface area (Å²) in [7, 11) is 0. The van der Waals surface area contributed by atoms with Gasteiger partial charge in [-0.05, 0) is 29.7 Å². The second-order valence-corrected chi connectivity index (χ2v) is 5.50. The van der Waals surface area contributed by atoms with Crippen molar-refractivity contribution in [1.29, 1.82) is 0 Å². The van der Waals surface area contributed by atoms with Crippen molar-refractivity contribution in [1.82, 2.24) is 4.98 Å². The van der Waals surface area contributed by atoms with Gasteiger partial charge >= 0.3 is 0 Å². The Hall–Kier alpha value is -1.74. The minimum Gasteiger partial charge on any atom is -0.488 e. The van der Waals surface area contributed by atoms with E-state index >= 15 is 0 Å². The zero-order valence-corrected chi connectivity index (χ0v) is 12.7. The summed E-state index contributed by atoms with van der Waals surface area (Å²) in [5.74, 6) is 0.948. The fraction of sp³-hybridized carbons (Fsp3) is 0.176. The molecule has 0 aliphatic rings. The van der Waals surface area contributed by atoms with E-state index in [-0.39, 0.29) is 0 Å². The third kappa shape index (κ3) is 2.73. The zero-order valence-electron chi connectivity index (χ0n) is 11.1. The molecule has 0 saturated heterocycles. The molecule has 102 valence electrons. The van der Waals surface area contributed by atoms with Crippen LogP contribution >= 0.6 is 15.9 Å². The van der Waals surface area contributed by atoms with Crippen LogP contribution in [0, 0.1) is 0 Å². The number of alkyl halides is 1. The van der Waals surface area contributed by atoms with Gasteiger partial charge < -0.3 is 9.72 Å². The number of nitrogens with one attached hydrogen (secondary N) is 1. The molecule has 0 aliphatic carbocycles. The number of H-pyrrole nitrogens is 1. The van der Waals surface area contributed by atoms with Crippen molar-refractivity contribution in [3.8, 4) is 5.75 Å². The van der Waals surface area contributed by atoms with Crippen LogP contribution in [-0.4, -0.2) is 10.3 Å². The molecular weight excluding hydrogens is 314 g/mol. The summed E-state index contributed by atoms with van der Waals surface area (Å²) < 4.78 is 6.02. The molecule has 20 heavy (non-hydrogen) atoms. The van der Waals surface area contributed by atoms with Gasteiger partial charge in [0.15, 0.2) is 0 Å². The summed E-state index contributed by atoms with van der Waals surface area (Å²) in [6.07, 6.45) is 3.06. The number of fused-ring (bicyclic) bond motifs is 1. The second kappa shape index (κ2) is 6.14. The lowest BCUT2D eigenvalue weighted by Crippen LogP contribution is -1.96. The summed E-state index contributed by atoms with van der Waals surface area (Å²) in [4.78, 5) is 3.31. The van der Waals surface area contributed by atoms with E-state index in [2.05, 4.69) is 45.3 Å². The van der Waals surface area contributed by atoms with E-state index in [0.29, 0.717) is 6.61 Å². The first-order valence-corrected chi connectivity index (χ1v) is 7.82. The maximum Gasteiger partial charge on any atom is 0.129 e. The highest BCUT2D eigenvalue weighted by Gasteiger charge is 2.09. The minimum atomic E-state index is 0.596. The van der Waals surface area contributed by atoms with E-state index in [0.717, 1.165) is 23.0 Å². The number of hydrogen-bond donors (Lipinski definition) is 1. The highest BCUT2D eigenvalue weighted by Crippen LogP contribution is 2.30. The summed E-state index contributed by atoms with van der Waals surface area (Å²) in [6.45, 7) is 0.596. The van der Waals surface area contributed by atoms with E-state index in [1.54, 1.807) is 0 Å². The molecule has 0 fully saturated rings. The maximum absolute atomic E-state index is 6.02. The standard InChI is InChI=1S/C17H16BrNO/c18-10-9-14-11-19-15-7-4-8-16(17(14)15)20-12-13-5-2-1-3-6-13/h1-8,11,19H,9-10,12H2. The number of ether oxygens (including phenoxy) is 1. The molecule has 1 N–H and O–H groups in total. The summed E-state index contributed by atoms with van der Waals surface area (Å²) in [5.41, 5.74) is 3.61. The molecule has 0 aliphatic heterocycles. The first kappa shape index (κ1) is 13.3. The van der Waals surface area contributed by atoms with E-state index in [1.165, 1.54) is 16.5 Å². The highest BCUT2D eigenvalue weighted by atomic mass is 79.9. The minimum absolute atomic E-state index is 0.596. The molecule has 1 aromatic heterocycles. The monoisotopic (exact) mass is 329 g/mol. The van der Waals surface area contributed by atoms with Gasteiger partial charge in [-0.3, -0.25) is 0 Å². The first-order valence-electron chi connectivity index (χ1n) is 6.70. The van der Waals surface area contributed by atoms with Crippen LogP contribution in [0.4, 0.5) is 0 Å². The van der Waals surface area contributed by atoms with Crippen LogP contribution in [0.1, 0.15) is 11.1 Å². The Kier molecular flexibility index (Phi) is 4.07. The Bertz CT molecular complexity index is 691. The lowest BCUT2D eigenvalue weighted by molar-refractivity contribution is 0.310. The number of hydrogen-bond acceptors (Lipinski definition) is 1. The topological polar surface area (TPSA) is 25.0 Å². The van der Waals surface area contributed by atoms with Crippen molar-refractivity contribution in [2.45, 2.75) is 13.0 Å². The number of rotatable bonds is 5. The van der Waals surface area contributed by atoms with Gasteiger partial charge in [0.05, 0.1) is 0 Å². The number of aromatic nitrogens is 1. The van der Waals surface area contributed by atoms with Crippen LogP contribution < -0.4 is 4.74 Å². The largest absolute Gasteiger partial charge is 0.488 e. The molecular formula is C17H16BrNO. The van der Waals surface area contributed by atoms with Gasteiger partial charge in [0, 0.05) is 22.4 Å². The van der Waals surface area contributed by atoms with Crippen molar-refractivity contribution in [3.63, 3.8) is 0 Å². The van der Waals surface area contributed by atoms with Crippen LogP contribution in [-0.2, 0) is 13.0 Å². The van der Waals surface area contributed by atoms with E-state index < -0.39 is 0 Å². The Morgan fingerprint density at radius 3 is 2.65 bits per heavy atom. The van der Waals surface area contributed by atoms with Gasteiger partial charge in [-0.15, -0.1) is 0 Å². The fourth-order valence-corrected chi connectivity index (χ4v) is 2.80. The maximum atomic E-state index is 6.02. The van der Waals surface area contributed by atoms with E-state index in [9.17, 15) is 0 Å². The van der Waals surface area contributed by atoms with Crippen molar-refractivity contribution >= 4 is 26.8 Å². The summed E-state index contributed by atoms with van der Waals surface area (Å²) in [5, 5.41) is 2.15. The Morgan fingerprint density at radius 1 is 1.00 bits per heavy atom. The number of halogens is 1. The molecule has 0 unspecified atom stereocenters. The number of benzene rings is 2. The van der Waals surface area contributed by atoms with Crippen molar-refractivity contribution < 1.29 is 4.74 Å². The quantitative estimate of drug-likeness (QED) is 0.675. The van der Waals surface area contributed by atoms with Gasteiger partial charge in [-0.25, -0.2) is 0 Å². The third-order valence-corrected chi connectivity index (χ3v) is 3.75. The molecule has 3 aromatic rings. The third-order valence-electron chi connectivity index (χ3n) is 3.35. The van der Waals surface area contributed by atoms with Crippen LogP contribution in [0.2, 0.25) is 0 Å². The Balaban J connectivity index is 1.89. The molecule has 0 bridgehead atoms. The van der Waals surface area contributed by atoms with Gasteiger partial charge in [0.25, 0.3) is 0 Å². The van der Waals surface area contributed by atoms with Gasteiger partial charge in [0.2, 0.25) is 0 Å². The average molecular weight is 330 g/mol. The molecule has 0 atom stereocenters. The Labute approximate surface area is 126 Å². The molecule has 2 aromatic carbocycles. The lowest BCUT2D eigenvalue weighted by Gasteiger charge is -2.09. The molecule has 3 rings (SSSR count). The van der Waals surface area contributed by atoms with Gasteiger partial charge in [-0.1, -0.05) is 52.3 Å². The average Bonchev–Trinajstić information content (AvgIpc) is 2.91. The van der Waals surface area contributed by atoms with Crippen molar-refractivity contribution in [2.75, 3.05) is 5.33 Å².